The van der Waals surface area contributed by atoms with Crippen molar-refractivity contribution < 1.29 is 13.2 Å². The van der Waals surface area contributed by atoms with Crippen LogP contribution in [0.1, 0.15) is 34.1 Å². The molecule has 0 aromatic rings. The highest BCUT2D eigenvalue weighted by atomic mass is 32.2. The minimum absolute atomic E-state index is 0.0155. The van der Waals surface area contributed by atoms with Gasteiger partial charge in [0.2, 0.25) is 0 Å². The van der Waals surface area contributed by atoms with Gasteiger partial charge >= 0.3 is 0 Å². The summed E-state index contributed by atoms with van der Waals surface area (Å²) >= 11 is 0. The van der Waals surface area contributed by atoms with Crippen LogP contribution >= 0.6 is 0 Å². The lowest BCUT2D eigenvalue weighted by molar-refractivity contribution is -0.121. The van der Waals surface area contributed by atoms with Gasteiger partial charge in [-0.05, 0) is 10.8 Å². The predicted molar refractivity (Wildman–Crippen MR) is 60.4 cm³/mol. The average molecular weight is 232 g/mol. The van der Waals surface area contributed by atoms with E-state index in [0.29, 0.717) is 0 Å². The first kappa shape index (κ1) is 12.7. The molecule has 0 aliphatic heterocycles. The molecule has 3 nitrogen and oxygen atoms in total. The van der Waals surface area contributed by atoms with Crippen molar-refractivity contribution in [3.05, 3.63) is 0 Å². The van der Waals surface area contributed by atoms with E-state index in [-0.39, 0.29) is 34.7 Å². The van der Waals surface area contributed by atoms with Gasteiger partial charge in [-0.25, -0.2) is 8.42 Å². The minimum atomic E-state index is -3.02. The van der Waals surface area contributed by atoms with Crippen molar-refractivity contribution in [1.29, 1.82) is 0 Å². The lowest BCUT2D eigenvalue weighted by Gasteiger charge is -2.03. The molecule has 0 amide bonds. The summed E-state index contributed by atoms with van der Waals surface area (Å²) in [6.07, 6.45) is 1.33. The van der Waals surface area contributed by atoms with Gasteiger partial charge in [0, 0.05) is 18.6 Å². The molecule has 0 N–H and O–H groups in total. The maximum atomic E-state index is 11.8. The molecule has 0 bridgehead atoms. The highest BCUT2D eigenvalue weighted by molar-refractivity contribution is 7.90. The lowest BCUT2D eigenvalue weighted by Crippen LogP contribution is -2.13. The molecular formula is C11H20O3S. The molecule has 0 heterocycles. The Morgan fingerprint density at radius 1 is 1.13 bits per heavy atom. The summed E-state index contributed by atoms with van der Waals surface area (Å²) in [6.45, 7) is 8.26. The summed E-state index contributed by atoms with van der Waals surface area (Å²) in [5.74, 6) is 0.0938. The van der Waals surface area contributed by atoms with Gasteiger partial charge in [0.05, 0.1) is 5.75 Å². The van der Waals surface area contributed by atoms with Gasteiger partial charge in [0.25, 0.3) is 0 Å². The van der Waals surface area contributed by atoms with Crippen LogP contribution in [-0.2, 0) is 14.6 Å². The molecule has 0 aromatic carbocycles. The lowest BCUT2D eigenvalue weighted by atomic mass is 10.0. The van der Waals surface area contributed by atoms with E-state index in [0.717, 1.165) is 0 Å². The summed E-state index contributed by atoms with van der Waals surface area (Å²) in [4.78, 5) is 11.8. The van der Waals surface area contributed by atoms with Crippen molar-refractivity contribution in [2.24, 2.45) is 16.7 Å². The second-order valence-electron chi connectivity index (χ2n) is 5.72. The molecule has 1 rings (SSSR count). The number of sulfone groups is 1. The minimum Gasteiger partial charge on any atom is -0.299 e. The third-order valence-corrected chi connectivity index (χ3v) is 5.01. The summed E-state index contributed by atoms with van der Waals surface area (Å²) in [5.41, 5.74) is 0.0309. The fourth-order valence-corrected chi connectivity index (χ4v) is 3.00. The van der Waals surface area contributed by atoms with Crippen LogP contribution < -0.4 is 0 Å². The van der Waals surface area contributed by atoms with E-state index in [2.05, 4.69) is 27.7 Å². The number of hydrogen-bond acceptors (Lipinski definition) is 3. The normalized spacial score (nSPS) is 23.8. The number of rotatable bonds is 4. The second kappa shape index (κ2) is 3.30. The van der Waals surface area contributed by atoms with Crippen LogP contribution in [0.5, 0.6) is 0 Å². The molecule has 15 heavy (non-hydrogen) atoms. The number of ketones is 1. The Hall–Kier alpha value is -0.380. The van der Waals surface area contributed by atoms with E-state index >= 15 is 0 Å². The molecule has 0 unspecified atom stereocenters. The van der Waals surface area contributed by atoms with E-state index in [9.17, 15) is 13.2 Å². The van der Waals surface area contributed by atoms with Crippen LogP contribution in [0.15, 0.2) is 0 Å². The van der Waals surface area contributed by atoms with Gasteiger partial charge in [-0.1, -0.05) is 27.7 Å². The Bertz CT molecular complexity index is 363. The fourth-order valence-electron chi connectivity index (χ4n) is 2.43. The Balaban J connectivity index is 2.60. The molecule has 1 saturated carbocycles. The Morgan fingerprint density at radius 2 is 1.53 bits per heavy atom. The third-order valence-electron chi connectivity index (χ3n) is 4.06. The van der Waals surface area contributed by atoms with Crippen molar-refractivity contribution in [3.8, 4) is 0 Å². The van der Waals surface area contributed by atoms with Gasteiger partial charge in [-0.2, -0.15) is 0 Å². The largest absolute Gasteiger partial charge is 0.299 e. The Kier molecular flexibility index (Phi) is 2.80. The van der Waals surface area contributed by atoms with Crippen LogP contribution in [0.3, 0.4) is 0 Å². The maximum Gasteiger partial charge on any atom is 0.147 e. The molecule has 0 aromatic heterocycles. The zero-order valence-electron chi connectivity index (χ0n) is 10.1. The highest BCUT2D eigenvalue weighted by Crippen LogP contribution is 2.68. The first-order valence-corrected chi connectivity index (χ1v) is 7.26. The van der Waals surface area contributed by atoms with Gasteiger partial charge in [-0.3, -0.25) is 4.79 Å². The first-order chi connectivity index (χ1) is 6.50. The molecule has 1 aliphatic rings. The molecular weight excluding hydrogens is 212 g/mol. The van der Waals surface area contributed by atoms with Gasteiger partial charge < -0.3 is 0 Å². The van der Waals surface area contributed by atoms with Crippen molar-refractivity contribution in [2.45, 2.75) is 34.1 Å². The van der Waals surface area contributed by atoms with Gasteiger partial charge in [0.1, 0.15) is 15.6 Å². The summed E-state index contributed by atoms with van der Waals surface area (Å²) in [7, 11) is -3.02. The third kappa shape index (κ3) is 2.25. The van der Waals surface area contributed by atoms with E-state index in [4.69, 9.17) is 0 Å². The van der Waals surface area contributed by atoms with E-state index < -0.39 is 9.84 Å². The van der Waals surface area contributed by atoms with E-state index in [1.54, 1.807) is 0 Å². The summed E-state index contributed by atoms with van der Waals surface area (Å²) in [5, 5.41) is 0. The monoisotopic (exact) mass is 232 g/mol. The fraction of sp³-hybridized carbons (Fsp3) is 0.909. The molecule has 0 radical (unpaired) electrons. The van der Waals surface area contributed by atoms with Crippen LogP contribution in [0.2, 0.25) is 0 Å². The van der Waals surface area contributed by atoms with Crippen LogP contribution in [0.4, 0.5) is 0 Å². The SMILES string of the molecule is CC1(C)C(C(=O)CCS(C)(=O)=O)C1(C)C. The second-order valence-corrected chi connectivity index (χ2v) is 7.98. The molecule has 1 aliphatic carbocycles. The highest BCUT2D eigenvalue weighted by Gasteiger charge is 2.67. The predicted octanol–water partition coefficient (Wildman–Crippen LogP) is 1.67. The number of carbonyl (C=O) groups excluding carboxylic acids is 1. The van der Waals surface area contributed by atoms with Crippen LogP contribution in [0.25, 0.3) is 0 Å². The van der Waals surface area contributed by atoms with E-state index in [1.807, 2.05) is 0 Å². The maximum absolute atomic E-state index is 11.8. The average Bonchev–Trinajstić information content (AvgIpc) is 2.37. The zero-order chi connectivity index (χ0) is 12.1. The van der Waals surface area contributed by atoms with Crippen molar-refractivity contribution in [1.82, 2.24) is 0 Å². The van der Waals surface area contributed by atoms with E-state index in [1.165, 1.54) is 6.26 Å². The number of carbonyl (C=O) groups is 1. The number of hydrogen-bond donors (Lipinski definition) is 0. The van der Waals surface area contributed by atoms with Gasteiger partial charge in [-0.15, -0.1) is 0 Å². The van der Waals surface area contributed by atoms with Crippen molar-refractivity contribution in [2.75, 3.05) is 12.0 Å². The molecule has 1 fully saturated rings. The standard InChI is InChI=1S/C11H20O3S/c1-10(2)9(11(10,3)4)8(12)6-7-15(5,13)14/h9H,6-7H2,1-5H3. The molecule has 88 valence electrons. The molecule has 4 heteroatoms. The summed E-state index contributed by atoms with van der Waals surface area (Å²) < 4.78 is 21.9. The Labute approximate surface area is 92.2 Å². The quantitative estimate of drug-likeness (QED) is 0.741. The summed E-state index contributed by atoms with van der Waals surface area (Å²) in [6, 6.07) is 0. The topological polar surface area (TPSA) is 51.2 Å². The molecule has 0 saturated heterocycles. The molecule has 0 atom stereocenters. The zero-order valence-corrected chi connectivity index (χ0v) is 10.9. The van der Waals surface area contributed by atoms with Gasteiger partial charge in [0.15, 0.2) is 0 Å². The van der Waals surface area contributed by atoms with Crippen molar-refractivity contribution >= 4 is 15.6 Å². The van der Waals surface area contributed by atoms with Crippen LogP contribution in [-0.4, -0.2) is 26.2 Å². The Morgan fingerprint density at radius 3 is 1.80 bits per heavy atom. The van der Waals surface area contributed by atoms with Crippen LogP contribution in [0, 0.1) is 16.7 Å². The van der Waals surface area contributed by atoms with Crippen molar-refractivity contribution in [3.63, 3.8) is 0 Å². The number of Topliss-reactive ketones (excluding diaryl/α,β-unsaturated/α-hetero) is 1. The first-order valence-electron chi connectivity index (χ1n) is 5.20. The molecule has 0 spiro atoms. The smallest absolute Gasteiger partial charge is 0.147 e.